The summed E-state index contributed by atoms with van der Waals surface area (Å²) in [4.78, 5) is 22.0. The van der Waals surface area contributed by atoms with E-state index in [4.69, 9.17) is 4.74 Å². The monoisotopic (exact) mass is 557 g/mol. The van der Waals surface area contributed by atoms with Gasteiger partial charge in [-0.05, 0) is 87.2 Å². The zero-order valence-corrected chi connectivity index (χ0v) is 23.7. The second kappa shape index (κ2) is 13.9. The van der Waals surface area contributed by atoms with E-state index in [1.165, 1.54) is 24.3 Å². The molecule has 5 nitrogen and oxygen atoms in total. The van der Waals surface area contributed by atoms with Gasteiger partial charge in [0.2, 0.25) is 0 Å². The molecule has 0 unspecified atom stereocenters. The van der Waals surface area contributed by atoms with Crippen molar-refractivity contribution < 1.29 is 18.3 Å². The van der Waals surface area contributed by atoms with E-state index in [-0.39, 0.29) is 35.9 Å². The molecule has 0 bridgehead atoms. The molecule has 210 valence electrons. The van der Waals surface area contributed by atoms with Crippen molar-refractivity contribution in [2.24, 2.45) is 0 Å². The minimum absolute atomic E-state index is 0. The van der Waals surface area contributed by atoms with Crippen molar-refractivity contribution in [3.63, 3.8) is 0 Å². The van der Waals surface area contributed by atoms with Gasteiger partial charge in [-0.15, -0.1) is 12.4 Å². The molecule has 1 aliphatic heterocycles. The topological polar surface area (TPSA) is 45.7 Å². The van der Waals surface area contributed by atoms with Crippen molar-refractivity contribution in [3.05, 3.63) is 95.2 Å². The van der Waals surface area contributed by atoms with Gasteiger partial charge < -0.3 is 9.64 Å². The van der Waals surface area contributed by atoms with E-state index >= 15 is 0 Å². The third-order valence-corrected chi connectivity index (χ3v) is 7.41. The second-order valence-electron chi connectivity index (χ2n) is 10.5. The van der Waals surface area contributed by atoms with Crippen LogP contribution in [0.15, 0.2) is 66.9 Å². The molecule has 0 amide bonds. The van der Waals surface area contributed by atoms with Crippen molar-refractivity contribution in [1.29, 1.82) is 0 Å². The smallest absolute Gasteiger partial charge is 0.342 e. The van der Waals surface area contributed by atoms with Gasteiger partial charge in [-0.3, -0.25) is 4.90 Å². The second-order valence-corrected chi connectivity index (χ2v) is 10.5. The number of ether oxygens (including phenoxy) is 1. The van der Waals surface area contributed by atoms with Crippen LogP contribution in [0.2, 0.25) is 0 Å². The summed E-state index contributed by atoms with van der Waals surface area (Å²) in [5, 5.41) is 0. The average molecular weight is 558 g/mol. The van der Waals surface area contributed by atoms with E-state index in [9.17, 15) is 13.6 Å². The zero-order valence-electron chi connectivity index (χ0n) is 22.9. The third kappa shape index (κ3) is 8.23. The summed E-state index contributed by atoms with van der Waals surface area (Å²) < 4.78 is 32.8. The lowest BCUT2D eigenvalue weighted by atomic mass is 9.87. The summed E-state index contributed by atoms with van der Waals surface area (Å²) in [6.45, 7) is 10.0. The first-order chi connectivity index (χ1) is 18.3. The Kier molecular flexibility index (Phi) is 10.8. The van der Waals surface area contributed by atoms with Crippen LogP contribution in [0.4, 0.5) is 14.6 Å². The highest BCUT2D eigenvalue weighted by Gasteiger charge is 2.27. The molecule has 0 saturated carbocycles. The molecular formula is C31H38ClF2N3O2. The fourth-order valence-electron chi connectivity index (χ4n) is 4.80. The quantitative estimate of drug-likeness (QED) is 0.255. The predicted octanol–water partition coefficient (Wildman–Crippen LogP) is 6.86. The molecule has 0 atom stereocenters. The summed E-state index contributed by atoms with van der Waals surface area (Å²) in [6, 6.07) is 16.8. The Morgan fingerprint density at radius 2 is 1.51 bits per heavy atom. The largest absolute Gasteiger partial charge is 0.456 e. The summed E-state index contributed by atoms with van der Waals surface area (Å²) in [7, 11) is 0. The number of nitrogens with zero attached hydrogens (tertiary/aromatic N) is 3. The first kappa shape index (κ1) is 30.5. The van der Waals surface area contributed by atoms with Crippen LogP contribution < -0.4 is 4.90 Å². The molecule has 1 saturated heterocycles. The Hall–Kier alpha value is -3.03. The molecule has 8 heteroatoms. The molecule has 0 spiro atoms. The maximum Gasteiger partial charge on any atom is 0.342 e. The molecule has 3 aromatic rings. The number of carbonyl (C=O) groups is 1. The SMILES string of the molecule is CCC(C)(C)OC(=O)c1cccnc1N1CCN(CCCC(c2ccc(F)cc2)c2ccc(F)cc2)CC1.Cl. The van der Waals surface area contributed by atoms with Gasteiger partial charge in [0.15, 0.2) is 0 Å². The summed E-state index contributed by atoms with van der Waals surface area (Å²) in [5.41, 5.74) is 2.04. The maximum atomic E-state index is 13.5. The molecule has 39 heavy (non-hydrogen) atoms. The maximum absolute atomic E-state index is 13.5. The molecule has 0 aliphatic carbocycles. The van der Waals surface area contributed by atoms with E-state index in [1.54, 1.807) is 18.3 Å². The van der Waals surface area contributed by atoms with Gasteiger partial charge in [-0.25, -0.2) is 18.6 Å². The summed E-state index contributed by atoms with van der Waals surface area (Å²) in [5.74, 6) is -0.107. The number of carbonyl (C=O) groups excluding carboxylic acids is 1. The molecule has 2 aromatic carbocycles. The molecule has 1 aliphatic rings. The lowest BCUT2D eigenvalue weighted by molar-refractivity contribution is -0.00241. The number of hydrogen-bond donors (Lipinski definition) is 0. The van der Waals surface area contributed by atoms with Gasteiger partial charge in [-0.1, -0.05) is 31.2 Å². The van der Waals surface area contributed by atoms with E-state index in [2.05, 4.69) is 14.8 Å². The lowest BCUT2D eigenvalue weighted by Gasteiger charge is -2.36. The van der Waals surface area contributed by atoms with E-state index in [0.29, 0.717) is 11.4 Å². The highest BCUT2D eigenvalue weighted by atomic mass is 35.5. The first-order valence-corrected chi connectivity index (χ1v) is 13.4. The molecule has 1 fully saturated rings. The van der Waals surface area contributed by atoms with Crippen molar-refractivity contribution in [2.45, 2.75) is 51.6 Å². The normalized spacial score (nSPS) is 14.3. The number of pyridine rings is 1. The molecular weight excluding hydrogens is 520 g/mol. The number of aromatic nitrogens is 1. The number of rotatable bonds is 10. The van der Waals surface area contributed by atoms with Crippen molar-refractivity contribution in [2.75, 3.05) is 37.6 Å². The van der Waals surface area contributed by atoms with Gasteiger partial charge in [0.1, 0.15) is 28.6 Å². The first-order valence-electron chi connectivity index (χ1n) is 13.4. The Morgan fingerprint density at radius 1 is 0.949 bits per heavy atom. The molecule has 2 heterocycles. The van der Waals surface area contributed by atoms with Crippen LogP contribution in [0.5, 0.6) is 0 Å². The number of anilines is 1. The highest BCUT2D eigenvalue weighted by molar-refractivity contribution is 5.95. The van der Waals surface area contributed by atoms with Crippen LogP contribution in [0.25, 0.3) is 0 Å². The van der Waals surface area contributed by atoms with Gasteiger partial charge in [0.25, 0.3) is 0 Å². The molecule has 0 N–H and O–H groups in total. The zero-order chi connectivity index (χ0) is 27.1. The van der Waals surface area contributed by atoms with Crippen LogP contribution in [-0.4, -0.2) is 54.2 Å². The van der Waals surface area contributed by atoms with Crippen molar-refractivity contribution in [1.82, 2.24) is 9.88 Å². The van der Waals surface area contributed by atoms with Gasteiger partial charge in [0.05, 0.1) is 0 Å². The van der Waals surface area contributed by atoms with Crippen LogP contribution in [0.3, 0.4) is 0 Å². The molecule has 1 aromatic heterocycles. The minimum Gasteiger partial charge on any atom is -0.456 e. The van der Waals surface area contributed by atoms with Crippen LogP contribution in [0, 0.1) is 11.6 Å². The number of esters is 1. The minimum atomic E-state index is -0.525. The fourth-order valence-corrected chi connectivity index (χ4v) is 4.80. The highest BCUT2D eigenvalue weighted by Crippen LogP contribution is 2.30. The molecule has 4 rings (SSSR count). The van der Waals surface area contributed by atoms with Gasteiger partial charge in [0, 0.05) is 38.3 Å². The van der Waals surface area contributed by atoms with Crippen LogP contribution >= 0.6 is 12.4 Å². The number of benzene rings is 2. The van der Waals surface area contributed by atoms with Gasteiger partial charge in [-0.2, -0.15) is 0 Å². The van der Waals surface area contributed by atoms with E-state index in [1.807, 2.05) is 45.0 Å². The Morgan fingerprint density at radius 3 is 2.05 bits per heavy atom. The fraction of sp³-hybridized carbons (Fsp3) is 0.419. The standard InChI is InChI=1S/C31H37F2N3O2.ClH/c1-4-31(2,3)38-30(37)28-7-5-17-34-29(28)36-21-19-35(20-22-36)18-6-8-27(23-9-13-25(32)14-10-23)24-11-15-26(33)16-12-24;/h5,7,9-17,27H,4,6,8,18-22H2,1-3H3;1H. The third-order valence-electron chi connectivity index (χ3n) is 7.41. The Balaban J connectivity index is 0.00000420. The Labute approximate surface area is 236 Å². The summed E-state index contributed by atoms with van der Waals surface area (Å²) >= 11 is 0. The van der Waals surface area contributed by atoms with Crippen LogP contribution in [-0.2, 0) is 4.74 Å². The van der Waals surface area contributed by atoms with Crippen LogP contribution in [0.1, 0.15) is 67.4 Å². The predicted molar refractivity (Wildman–Crippen MR) is 154 cm³/mol. The molecule has 0 radical (unpaired) electrons. The van der Waals surface area contributed by atoms with Gasteiger partial charge >= 0.3 is 5.97 Å². The van der Waals surface area contributed by atoms with E-state index < -0.39 is 5.60 Å². The number of piperazine rings is 1. The Bertz CT molecular complexity index is 1150. The van der Waals surface area contributed by atoms with Crippen molar-refractivity contribution >= 4 is 24.2 Å². The summed E-state index contributed by atoms with van der Waals surface area (Å²) in [6.07, 6.45) is 4.28. The van der Waals surface area contributed by atoms with E-state index in [0.717, 1.165) is 63.1 Å². The number of halogens is 3. The van der Waals surface area contributed by atoms with Crippen molar-refractivity contribution in [3.8, 4) is 0 Å². The average Bonchev–Trinajstić information content (AvgIpc) is 2.92. The lowest BCUT2D eigenvalue weighted by Crippen LogP contribution is -2.47. The number of hydrogen-bond acceptors (Lipinski definition) is 5.